The van der Waals surface area contributed by atoms with E-state index in [1.807, 2.05) is 6.07 Å². The molecule has 21 heavy (non-hydrogen) atoms. The smallest absolute Gasteiger partial charge is 0.196 e. The summed E-state index contributed by atoms with van der Waals surface area (Å²) in [6.07, 6.45) is 2.28. The summed E-state index contributed by atoms with van der Waals surface area (Å²) >= 11 is 0. The SMILES string of the molecule is CC(C)CN1CCC2(CC1)CN=C(N)N2c1ccccc1. The molecule has 2 heterocycles. The minimum atomic E-state index is 0.0961. The summed E-state index contributed by atoms with van der Waals surface area (Å²) in [6, 6.07) is 10.5. The average molecular weight is 286 g/mol. The third-order valence-electron chi connectivity index (χ3n) is 4.66. The highest BCUT2D eigenvalue weighted by Gasteiger charge is 2.45. The van der Waals surface area contributed by atoms with Crippen LogP contribution in [0.15, 0.2) is 35.3 Å². The second-order valence-electron chi connectivity index (χ2n) is 6.76. The molecule has 0 bridgehead atoms. The average Bonchev–Trinajstić information content (AvgIpc) is 2.79. The first kappa shape index (κ1) is 14.4. The Balaban J connectivity index is 1.76. The van der Waals surface area contributed by atoms with Crippen LogP contribution < -0.4 is 10.6 Å². The fourth-order valence-corrected chi connectivity index (χ4v) is 3.65. The third kappa shape index (κ3) is 2.77. The summed E-state index contributed by atoms with van der Waals surface area (Å²) in [4.78, 5) is 9.41. The topological polar surface area (TPSA) is 44.9 Å². The minimum absolute atomic E-state index is 0.0961. The fourth-order valence-electron chi connectivity index (χ4n) is 3.65. The predicted molar refractivity (Wildman–Crippen MR) is 88.7 cm³/mol. The Labute approximate surface area is 127 Å². The quantitative estimate of drug-likeness (QED) is 0.927. The molecule has 2 aliphatic heterocycles. The second kappa shape index (κ2) is 5.68. The molecule has 1 aromatic carbocycles. The molecule has 114 valence electrons. The van der Waals surface area contributed by atoms with Gasteiger partial charge in [-0.05, 0) is 30.9 Å². The molecule has 0 atom stereocenters. The van der Waals surface area contributed by atoms with E-state index in [0.717, 1.165) is 38.4 Å². The van der Waals surface area contributed by atoms with Gasteiger partial charge in [-0.3, -0.25) is 4.99 Å². The number of para-hydroxylation sites is 1. The largest absolute Gasteiger partial charge is 0.369 e. The monoisotopic (exact) mass is 286 g/mol. The Bertz CT molecular complexity index is 501. The highest BCUT2D eigenvalue weighted by Crippen LogP contribution is 2.36. The molecule has 1 saturated heterocycles. The third-order valence-corrected chi connectivity index (χ3v) is 4.66. The maximum atomic E-state index is 6.19. The molecule has 2 N–H and O–H groups in total. The highest BCUT2D eigenvalue weighted by atomic mass is 15.4. The molecule has 0 radical (unpaired) electrons. The summed E-state index contributed by atoms with van der Waals surface area (Å²) in [5.74, 6) is 1.41. The number of likely N-dealkylation sites (tertiary alicyclic amines) is 1. The summed E-state index contributed by atoms with van der Waals surface area (Å²) in [5, 5.41) is 0. The van der Waals surface area contributed by atoms with Crippen molar-refractivity contribution in [3.8, 4) is 0 Å². The van der Waals surface area contributed by atoms with E-state index in [2.05, 4.69) is 52.9 Å². The molecule has 4 heteroatoms. The van der Waals surface area contributed by atoms with Gasteiger partial charge in [-0.1, -0.05) is 32.0 Å². The molecule has 1 spiro atoms. The van der Waals surface area contributed by atoms with E-state index in [-0.39, 0.29) is 5.54 Å². The zero-order chi connectivity index (χ0) is 14.9. The standard InChI is InChI=1S/C17H26N4/c1-14(2)12-20-10-8-17(9-11-20)13-19-16(18)21(17)15-6-4-3-5-7-15/h3-7,14H,8-13H2,1-2H3,(H2,18,19). The number of anilines is 1. The van der Waals surface area contributed by atoms with Gasteiger partial charge in [0.05, 0.1) is 12.1 Å². The molecule has 1 fully saturated rings. The molecule has 4 nitrogen and oxygen atoms in total. The zero-order valence-corrected chi connectivity index (χ0v) is 13.1. The van der Waals surface area contributed by atoms with Gasteiger partial charge < -0.3 is 15.5 Å². The van der Waals surface area contributed by atoms with Crippen LogP contribution in [0.2, 0.25) is 0 Å². The Morgan fingerprint density at radius 3 is 2.48 bits per heavy atom. The Morgan fingerprint density at radius 2 is 1.86 bits per heavy atom. The van der Waals surface area contributed by atoms with Crippen LogP contribution in [0.1, 0.15) is 26.7 Å². The van der Waals surface area contributed by atoms with Crippen LogP contribution in [0, 0.1) is 5.92 Å². The van der Waals surface area contributed by atoms with Gasteiger partial charge in [0.15, 0.2) is 5.96 Å². The maximum absolute atomic E-state index is 6.19. The first-order valence-corrected chi connectivity index (χ1v) is 7.98. The van der Waals surface area contributed by atoms with Crippen molar-refractivity contribution in [2.75, 3.05) is 31.1 Å². The number of piperidine rings is 1. The fraction of sp³-hybridized carbons (Fsp3) is 0.588. The lowest BCUT2D eigenvalue weighted by atomic mass is 9.86. The lowest BCUT2D eigenvalue weighted by Crippen LogP contribution is -2.57. The van der Waals surface area contributed by atoms with Crippen LogP contribution in [0.25, 0.3) is 0 Å². The zero-order valence-electron chi connectivity index (χ0n) is 13.1. The molecule has 1 aromatic rings. The maximum Gasteiger partial charge on any atom is 0.196 e. The van der Waals surface area contributed by atoms with Gasteiger partial charge in [0.1, 0.15) is 0 Å². The van der Waals surface area contributed by atoms with Gasteiger partial charge >= 0.3 is 0 Å². The van der Waals surface area contributed by atoms with E-state index in [0.29, 0.717) is 5.96 Å². The van der Waals surface area contributed by atoms with Crippen molar-refractivity contribution in [1.82, 2.24) is 4.90 Å². The lowest BCUT2D eigenvalue weighted by molar-refractivity contribution is 0.156. The number of rotatable bonds is 3. The van der Waals surface area contributed by atoms with E-state index in [4.69, 9.17) is 5.73 Å². The minimum Gasteiger partial charge on any atom is -0.369 e. The predicted octanol–water partition coefficient (Wildman–Crippen LogP) is 2.31. The van der Waals surface area contributed by atoms with E-state index >= 15 is 0 Å². The van der Waals surface area contributed by atoms with Crippen LogP contribution in [-0.4, -0.2) is 42.6 Å². The first-order valence-electron chi connectivity index (χ1n) is 7.98. The molecule has 2 aliphatic rings. The van der Waals surface area contributed by atoms with Gasteiger partial charge in [0.2, 0.25) is 0 Å². The number of guanidine groups is 1. The van der Waals surface area contributed by atoms with Crippen molar-refractivity contribution in [3.63, 3.8) is 0 Å². The number of aliphatic imine (C=N–C) groups is 1. The van der Waals surface area contributed by atoms with Crippen LogP contribution in [0.5, 0.6) is 0 Å². The Kier molecular flexibility index (Phi) is 3.89. The van der Waals surface area contributed by atoms with E-state index in [1.165, 1.54) is 12.2 Å². The van der Waals surface area contributed by atoms with Crippen molar-refractivity contribution >= 4 is 11.6 Å². The van der Waals surface area contributed by atoms with Crippen molar-refractivity contribution in [2.24, 2.45) is 16.6 Å². The molecule has 0 amide bonds. The van der Waals surface area contributed by atoms with Gasteiger partial charge in [0.25, 0.3) is 0 Å². The number of nitrogens with two attached hydrogens (primary N) is 1. The summed E-state index contributed by atoms with van der Waals surface area (Å²) in [5.41, 5.74) is 7.46. The summed E-state index contributed by atoms with van der Waals surface area (Å²) < 4.78 is 0. The number of benzene rings is 1. The van der Waals surface area contributed by atoms with E-state index in [1.54, 1.807) is 0 Å². The molecule has 0 aromatic heterocycles. The molecule has 3 rings (SSSR count). The Hall–Kier alpha value is -1.55. The van der Waals surface area contributed by atoms with Crippen LogP contribution in [-0.2, 0) is 0 Å². The Morgan fingerprint density at radius 1 is 1.19 bits per heavy atom. The summed E-state index contributed by atoms with van der Waals surface area (Å²) in [7, 11) is 0. The molecule has 0 saturated carbocycles. The highest BCUT2D eigenvalue weighted by molar-refractivity contribution is 5.98. The van der Waals surface area contributed by atoms with Crippen LogP contribution in [0.4, 0.5) is 5.69 Å². The number of nitrogens with zero attached hydrogens (tertiary/aromatic N) is 3. The van der Waals surface area contributed by atoms with Gasteiger partial charge in [-0.2, -0.15) is 0 Å². The van der Waals surface area contributed by atoms with Crippen molar-refractivity contribution in [1.29, 1.82) is 0 Å². The number of hydrogen-bond acceptors (Lipinski definition) is 4. The van der Waals surface area contributed by atoms with Crippen LogP contribution in [0.3, 0.4) is 0 Å². The van der Waals surface area contributed by atoms with Crippen LogP contribution >= 0.6 is 0 Å². The second-order valence-corrected chi connectivity index (χ2v) is 6.76. The van der Waals surface area contributed by atoms with Gasteiger partial charge in [-0.25, -0.2) is 0 Å². The van der Waals surface area contributed by atoms with Gasteiger partial charge in [0, 0.05) is 25.3 Å². The van der Waals surface area contributed by atoms with E-state index in [9.17, 15) is 0 Å². The normalized spacial score (nSPS) is 22.0. The molecule has 0 unspecified atom stereocenters. The van der Waals surface area contributed by atoms with Crippen molar-refractivity contribution in [3.05, 3.63) is 30.3 Å². The molecular weight excluding hydrogens is 260 g/mol. The first-order chi connectivity index (χ1) is 10.1. The van der Waals surface area contributed by atoms with E-state index < -0.39 is 0 Å². The summed E-state index contributed by atoms with van der Waals surface area (Å²) in [6.45, 7) is 8.89. The molecule has 0 aliphatic carbocycles. The number of hydrogen-bond donors (Lipinski definition) is 1. The molecular formula is C17H26N4. The lowest BCUT2D eigenvalue weighted by Gasteiger charge is -2.45. The van der Waals surface area contributed by atoms with Crippen molar-refractivity contribution in [2.45, 2.75) is 32.2 Å². The van der Waals surface area contributed by atoms with Gasteiger partial charge in [-0.15, -0.1) is 0 Å². The van der Waals surface area contributed by atoms with Crippen molar-refractivity contribution < 1.29 is 0 Å².